The predicted molar refractivity (Wildman–Crippen MR) is 73.6 cm³/mol. The molecule has 0 heterocycles. The van der Waals surface area contributed by atoms with Crippen LogP contribution >= 0.6 is 27.5 Å². The van der Waals surface area contributed by atoms with Gasteiger partial charge >= 0.3 is 0 Å². The molecule has 0 aliphatic rings. The zero-order valence-corrected chi connectivity index (χ0v) is 11.6. The molecule has 0 N–H and O–H groups in total. The van der Waals surface area contributed by atoms with E-state index in [1.165, 1.54) is 6.07 Å². The van der Waals surface area contributed by atoms with Gasteiger partial charge in [-0.25, -0.2) is 4.39 Å². The molecule has 2 aromatic rings. The summed E-state index contributed by atoms with van der Waals surface area (Å²) in [6.45, 7) is 0. The largest absolute Gasteiger partial charge is 0.294 e. The maximum Gasteiger partial charge on any atom is 0.167 e. The highest BCUT2D eigenvalue weighted by Crippen LogP contribution is 2.21. The third-order valence-corrected chi connectivity index (χ3v) is 3.17. The van der Waals surface area contributed by atoms with E-state index in [2.05, 4.69) is 15.9 Å². The normalized spacial score (nSPS) is 10.4. The predicted octanol–water partition coefficient (Wildman–Crippen LogP) is 4.67. The smallest absolute Gasteiger partial charge is 0.167 e. The monoisotopic (exact) mass is 326 g/mol. The lowest BCUT2D eigenvalue weighted by Crippen LogP contribution is -2.05. The summed E-state index contributed by atoms with van der Waals surface area (Å²) in [6, 6.07) is 11.2. The Hall–Kier alpha value is -1.19. The van der Waals surface area contributed by atoms with Gasteiger partial charge in [0, 0.05) is 21.5 Å². The van der Waals surface area contributed by atoms with E-state index < -0.39 is 0 Å². The van der Waals surface area contributed by atoms with Gasteiger partial charge in [0.05, 0.1) is 0 Å². The summed E-state index contributed by atoms with van der Waals surface area (Å²) in [4.78, 5) is 12.0. The van der Waals surface area contributed by atoms with Crippen LogP contribution in [0.3, 0.4) is 0 Å². The summed E-state index contributed by atoms with van der Waals surface area (Å²) in [5.74, 6) is -0.532. The molecular weight excluding hydrogens is 319 g/mol. The third kappa shape index (κ3) is 3.18. The quantitative estimate of drug-likeness (QED) is 0.749. The van der Waals surface area contributed by atoms with Gasteiger partial charge in [0.1, 0.15) is 5.82 Å². The molecule has 2 aromatic carbocycles. The fourth-order valence-electron chi connectivity index (χ4n) is 1.63. The first-order valence-corrected chi connectivity index (χ1v) is 6.46. The second-order valence-electron chi connectivity index (χ2n) is 3.85. The number of halogens is 3. The Kier molecular flexibility index (Phi) is 4.15. The molecule has 0 radical (unpaired) electrons. The van der Waals surface area contributed by atoms with Crippen molar-refractivity contribution in [2.24, 2.45) is 0 Å². The minimum atomic E-state index is -0.369. The summed E-state index contributed by atoms with van der Waals surface area (Å²) < 4.78 is 14.2. The van der Waals surface area contributed by atoms with Gasteiger partial charge in [-0.2, -0.15) is 0 Å². The Bertz CT molecular complexity index is 578. The molecule has 0 unspecified atom stereocenters. The van der Waals surface area contributed by atoms with Crippen molar-refractivity contribution >= 4 is 33.3 Å². The molecule has 0 aromatic heterocycles. The van der Waals surface area contributed by atoms with Crippen molar-refractivity contribution in [1.82, 2.24) is 0 Å². The number of hydrogen-bond acceptors (Lipinski definition) is 1. The second-order valence-corrected chi connectivity index (χ2v) is 5.20. The van der Waals surface area contributed by atoms with Crippen molar-refractivity contribution in [1.29, 1.82) is 0 Å². The molecule has 1 nitrogen and oxygen atoms in total. The van der Waals surface area contributed by atoms with Crippen molar-refractivity contribution in [2.45, 2.75) is 6.42 Å². The third-order valence-electron chi connectivity index (χ3n) is 2.49. The first kappa shape index (κ1) is 13.2. The summed E-state index contributed by atoms with van der Waals surface area (Å²) in [7, 11) is 0. The van der Waals surface area contributed by atoms with E-state index in [0.29, 0.717) is 16.1 Å². The van der Waals surface area contributed by atoms with Gasteiger partial charge in [-0.05, 0) is 29.8 Å². The number of carbonyl (C=O) groups excluding carboxylic acids is 1. The number of hydrogen-bond donors (Lipinski definition) is 0. The lowest BCUT2D eigenvalue weighted by Gasteiger charge is -2.04. The molecule has 92 valence electrons. The molecule has 0 atom stereocenters. The molecule has 0 aliphatic heterocycles. The molecule has 4 heteroatoms. The Morgan fingerprint density at radius 3 is 2.61 bits per heavy atom. The molecule has 0 bridgehead atoms. The lowest BCUT2D eigenvalue weighted by molar-refractivity contribution is 0.0992. The highest BCUT2D eigenvalue weighted by molar-refractivity contribution is 9.10. The summed E-state index contributed by atoms with van der Waals surface area (Å²) >= 11 is 9.14. The number of ketones is 1. The van der Waals surface area contributed by atoms with Gasteiger partial charge in [0.25, 0.3) is 0 Å². The van der Waals surface area contributed by atoms with Gasteiger partial charge in [0.2, 0.25) is 0 Å². The molecule has 0 spiro atoms. The van der Waals surface area contributed by atoms with Gasteiger partial charge in [-0.15, -0.1) is 0 Å². The van der Waals surface area contributed by atoms with E-state index in [9.17, 15) is 9.18 Å². The Morgan fingerprint density at radius 1 is 1.22 bits per heavy atom. The van der Waals surface area contributed by atoms with Crippen molar-refractivity contribution in [3.05, 3.63) is 68.9 Å². The Balaban J connectivity index is 2.25. The first-order valence-electron chi connectivity index (χ1n) is 5.29. The summed E-state index contributed by atoms with van der Waals surface area (Å²) in [6.07, 6.45) is 0.0272. The van der Waals surface area contributed by atoms with Crippen LogP contribution < -0.4 is 0 Å². The van der Waals surface area contributed by atoms with E-state index in [4.69, 9.17) is 11.6 Å². The Labute approximate surface area is 118 Å². The average Bonchev–Trinajstić information content (AvgIpc) is 2.31. The molecule has 0 amide bonds. The van der Waals surface area contributed by atoms with Crippen LogP contribution in [0.25, 0.3) is 0 Å². The van der Waals surface area contributed by atoms with Gasteiger partial charge in [-0.1, -0.05) is 45.7 Å². The number of carbonyl (C=O) groups is 1. The lowest BCUT2D eigenvalue weighted by atomic mass is 10.0. The van der Waals surface area contributed by atoms with Crippen LogP contribution in [0.1, 0.15) is 15.9 Å². The van der Waals surface area contributed by atoms with Crippen LogP contribution in [-0.4, -0.2) is 5.78 Å². The summed E-state index contributed by atoms with van der Waals surface area (Å²) in [5, 5.41) is 0.473. The van der Waals surface area contributed by atoms with Crippen molar-refractivity contribution in [2.75, 3.05) is 0 Å². The zero-order chi connectivity index (χ0) is 13.1. The molecule has 0 saturated carbocycles. The molecule has 0 aliphatic carbocycles. The standard InChI is InChI=1S/C14H9BrClFO/c15-11-5-10(6-12(16)8-11)14(18)7-9-3-1-2-4-13(9)17/h1-6,8H,7H2. The number of rotatable bonds is 3. The SMILES string of the molecule is O=C(Cc1ccccc1F)c1cc(Cl)cc(Br)c1. The van der Waals surface area contributed by atoms with Gasteiger partial charge < -0.3 is 0 Å². The van der Waals surface area contributed by atoms with Crippen LogP contribution in [0, 0.1) is 5.82 Å². The summed E-state index contributed by atoms with van der Waals surface area (Å²) in [5.41, 5.74) is 0.858. The van der Waals surface area contributed by atoms with E-state index in [1.807, 2.05) is 0 Å². The number of benzene rings is 2. The molecule has 0 fully saturated rings. The highest BCUT2D eigenvalue weighted by Gasteiger charge is 2.11. The second kappa shape index (κ2) is 5.63. The zero-order valence-electron chi connectivity index (χ0n) is 9.29. The van der Waals surface area contributed by atoms with Crippen LogP contribution in [0.5, 0.6) is 0 Å². The topological polar surface area (TPSA) is 17.1 Å². The van der Waals surface area contributed by atoms with Crippen LogP contribution in [-0.2, 0) is 6.42 Å². The van der Waals surface area contributed by atoms with Crippen LogP contribution in [0.4, 0.5) is 4.39 Å². The number of Topliss-reactive ketones (excluding diaryl/α,β-unsaturated/α-hetero) is 1. The maximum atomic E-state index is 13.4. The van der Waals surface area contributed by atoms with Crippen molar-refractivity contribution < 1.29 is 9.18 Å². The molecular formula is C14H9BrClFO. The maximum absolute atomic E-state index is 13.4. The van der Waals surface area contributed by atoms with Gasteiger partial charge in [-0.3, -0.25) is 4.79 Å². The fraction of sp³-hybridized carbons (Fsp3) is 0.0714. The van der Waals surface area contributed by atoms with Crippen molar-refractivity contribution in [3.63, 3.8) is 0 Å². The minimum absolute atomic E-state index is 0.0272. The van der Waals surface area contributed by atoms with Gasteiger partial charge in [0.15, 0.2) is 5.78 Å². The molecule has 0 saturated heterocycles. The van der Waals surface area contributed by atoms with Crippen molar-refractivity contribution in [3.8, 4) is 0 Å². The van der Waals surface area contributed by atoms with E-state index in [1.54, 1.807) is 36.4 Å². The average molecular weight is 328 g/mol. The minimum Gasteiger partial charge on any atom is -0.294 e. The van der Waals surface area contributed by atoms with E-state index in [0.717, 1.165) is 4.47 Å². The molecule has 2 rings (SSSR count). The first-order chi connectivity index (χ1) is 8.56. The van der Waals surface area contributed by atoms with E-state index in [-0.39, 0.29) is 18.0 Å². The molecule has 18 heavy (non-hydrogen) atoms. The Morgan fingerprint density at radius 2 is 1.94 bits per heavy atom. The van der Waals surface area contributed by atoms with Crippen LogP contribution in [0.2, 0.25) is 5.02 Å². The fourth-order valence-corrected chi connectivity index (χ4v) is 2.49. The van der Waals surface area contributed by atoms with E-state index >= 15 is 0 Å². The highest BCUT2D eigenvalue weighted by atomic mass is 79.9. The van der Waals surface area contributed by atoms with Crippen LogP contribution in [0.15, 0.2) is 46.9 Å².